The zero-order valence-corrected chi connectivity index (χ0v) is 24.4. The van der Waals surface area contributed by atoms with Gasteiger partial charge < -0.3 is 43.8 Å². The zero-order chi connectivity index (χ0) is 24.2. The third kappa shape index (κ3) is 10.6. The maximum atomic E-state index is 3.17. The molecule has 0 atom stereocenters. The smallest absolute Gasteiger partial charge is 0.203 e. The van der Waals surface area contributed by atoms with E-state index in [9.17, 15) is 0 Å². The predicted molar refractivity (Wildman–Crippen MR) is 145 cm³/mol. The number of anilines is 2. The molecular weight excluding hydrogens is 576 g/mol. The maximum Gasteiger partial charge on any atom is 0.203 e. The first-order valence-corrected chi connectivity index (χ1v) is 11.4. The van der Waals surface area contributed by atoms with Crippen LogP contribution in [0.25, 0.3) is 24.3 Å². The first-order valence-electron chi connectivity index (χ1n) is 11.4. The van der Waals surface area contributed by atoms with Crippen LogP contribution in [0.3, 0.4) is 0 Å². The highest BCUT2D eigenvalue weighted by Crippen LogP contribution is 2.14. The predicted octanol–water partition coefficient (Wildman–Crippen LogP) is -0.518. The summed E-state index contributed by atoms with van der Waals surface area (Å²) in [4.78, 5) is 10.5. The fraction of sp³-hybridized carbons (Fsp3) is 0.133. The van der Waals surface area contributed by atoms with Crippen LogP contribution >= 0.6 is 0 Å². The summed E-state index contributed by atoms with van der Waals surface area (Å²) in [6.45, 7) is 0. The van der Waals surface area contributed by atoms with Crippen molar-refractivity contribution < 1.29 is 43.9 Å². The van der Waals surface area contributed by atoms with Crippen molar-refractivity contribution in [1.82, 2.24) is 0 Å². The minimum absolute atomic E-state index is 0. The summed E-state index contributed by atoms with van der Waals surface area (Å²) >= 11 is 0. The molecule has 0 unspecified atom stereocenters. The van der Waals surface area contributed by atoms with E-state index < -0.39 is 0 Å². The highest BCUT2D eigenvalue weighted by molar-refractivity contribution is 5.68. The van der Waals surface area contributed by atoms with Crippen molar-refractivity contribution in [3.63, 3.8) is 0 Å². The molecule has 0 aliphatic carbocycles. The average Bonchev–Trinajstić information content (AvgIpc) is 2.88. The number of halogens is 2. The number of pyridine rings is 2. The number of aromatic amines is 2. The van der Waals surface area contributed by atoms with Gasteiger partial charge in [0.25, 0.3) is 0 Å². The van der Waals surface area contributed by atoms with Crippen LogP contribution in [0.2, 0.25) is 0 Å². The molecule has 0 bridgehead atoms. The number of rotatable bonds is 6. The SMILES string of the molecule is CN(C)c1ccc(/C=C/c2cccc[nH+]2)cc1.CN(C)c1ccc(/C=C/c2cccc[nH+]2)cc1.[Br-].[Br-]. The van der Waals surface area contributed by atoms with E-state index in [0.29, 0.717) is 0 Å². The Morgan fingerprint density at radius 1 is 0.472 bits per heavy atom. The number of hydrogen-bond donors (Lipinski definition) is 0. The molecule has 0 aliphatic heterocycles. The van der Waals surface area contributed by atoms with Gasteiger partial charge in [-0.1, -0.05) is 24.3 Å². The fourth-order valence-corrected chi connectivity index (χ4v) is 3.16. The summed E-state index contributed by atoms with van der Waals surface area (Å²) in [6, 6.07) is 29.0. The number of H-pyrrole nitrogens is 2. The van der Waals surface area contributed by atoms with Gasteiger partial charge in [0.15, 0.2) is 12.4 Å². The van der Waals surface area contributed by atoms with Gasteiger partial charge in [0.1, 0.15) is 0 Å². The second-order valence-corrected chi connectivity index (χ2v) is 8.27. The summed E-state index contributed by atoms with van der Waals surface area (Å²) < 4.78 is 0. The van der Waals surface area contributed by atoms with E-state index in [2.05, 4.69) is 92.6 Å². The van der Waals surface area contributed by atoms with Gasteiger partial charge in [-0.15, -0.1) is 0 Å². The Morgan fingerprint density at radius 2 is 0.833 bits per heavy atom. The van der Waals surface area contributed by atoms with Crippen LogP contribution in [0.5, 0.6) is 0 Å². The number of benzene rings is 2. The highest BCUT2D eigenvalue weighted by Gasteiger charge is 1.96. The monoisotopic (exact) mass is 608 g/mol. The lowest BCUT2D eigenvalue weighted by atomic mass is 10.1. The van der Waals surface area contributed by atoms with Gasteiger partial charge in [-0.2, -0.15) is 0 Å². The zero-order valence-electron chi connectivity index (χ0n) is 21.2. The number of nitrogens with zero attached hydrogens (tertiary/aromatic N) is 2. The summed E-state index contributed by atoms with van der Waals surface area (Å²) in [6.07, 6.45) is 12.2. The Morgan fingerprint density at radius 3 is 1.11 bits per heavy atom. The first-order chi connectivity index (χ1) is 16.5. The molecule has 4 rings (SSSR count). The maximum absolute atomic E-state index is 3.17. The molecule has 0 radical (unpaired) electrons. The van der Waals surface area contributed by atoms with Gasteiger partial charge in [-0.25, -0.2) is 9.97 Å². The van der Waals surface area contributed by atoms with Crippen LogP contribution in [0.15, 0.2) is 97.3 Å². The van der Waals surface area contributed by atoms with Gasteiger partial charge in [0.05, 0.1) is 0 Å². The van der Waals surface area contributed by atoms with Crippen LogP contribution in [0, 0.1) is 0 Å². The van der Waals surface area contributed by atoms with Crippen molar-refractivity contribution in [1.29, 1.82) is 0 Å². The lowest BCUT2D eigenvalue weighted by Gasteiger charge is -2.11. The first kappa shape index (κ1) is 30.8. The molecule has 0 fully saturated rings. The van der Waals surface area contributed by atoms with Crippen LogP contribution < -0.4 is 53.7 Å². The molecule has 4 aromatic rings. The van der Waals surface area contributed by atoms with Crippen LogP contribution in [0.1, 0.15) is 22.5 Å². The van der Waals surface area contributed by atoms with Crippen LogP contribution in [0.4, 0.5) is 11.4 Å². The minimum atomic E-state index is 0. The van der Waals surface area contributed by atoms with Gasteiger partial charge in [0, 0.05) is 76.0 Å². The number of nitrogens with one attached hydrogen (secondary N) is 2. The Balaban J connectivity index is 0.000000341. The Labute approximate surface area is 236 Å². The van der Waals surface area contributed by atoms with E-state index in [-0.39, 0.29) is 34.0 Å². The van der Waals surface area contributed by atoms with Gasteiger partial charge in [-0.3, -0.25) is 0 Å². The van der Waals surface area contributed by atoms with Crippen LogP contribution in [-0.2, 0) is 0 Å². The molecule has 0 aliphatic rings. The highest BCUT2D eigenvalue weighted by atomic mass is 79.9. The third-order valence-corrected chi connectivity index (χ3v) is 5.20. The van der Waals surface area contributed by atoms with Crippen LogP contribution in [-0.4, -0.2) is 28.2 Å². The molecule has 4 nitrogen and oxygen atoms in total. The van der Waals surface area contributed by atoms with Gasteiger partial charge in [0.2, 0.25) is 11.4 Å². The Bertz CT molecular complexity index is 1080. The second kappa shape index (κ2) is 16.5. The van der Waals surface area contributed by atoms with E-state index in [0.717, 1.165) is 11.4 Å². The van der Waals surface area contributed by atoms with Crippen molar-refractivity contribution in [2.24, 2.45) is 0 Å². The summed E-state index contributed by atoms with van der Waals surface area (Å²) in [5.41, 5.74) is 7.04. The van der Waals surface area contributed by atoms with Crippen molar-refractivity contribution in [3.05, 3.63) is 120 Å². The lowest BCUT2D eigenvalue weighted by Crippen LogP contribution is -3.00. The standard InChI is InChI=1S/2C15H16N2.2BrH/c2*1-17(2)15-10-7-13(8-11-15)6-9-14-5-3-4-12-16-14;;/h2*3-12H,1-2H3;2*1H/b2*9-6+;;. The topological polar surface area (TPSA) is 34.8 Å². The minimum Gasteiger partial charge on any atom is -1.00 e. The average molecular weight is 610 g/mol. The number of hydrogen-bond acceptors (Lipinski definition) is 2. The molecule has 2 N–H and O–H groups in total. The van der Waals surface area contributed by atoms with E-state index in [1.54, 1.807) is 0 Å². The Hall–Kier alpha value is -3.22. The van der Waals surface area contributed by atoms with E-state index in [1.165, 1.54) is 22.5 Å². The molecule has 0 saturated heterocycles. The largest absolute Gasteiger partial charge is 1.00 e. The molecule has 0 saturated carbocycles. The van der Waals surface area contributed by atoms with E-state index in [4.69, 9.17) is 0 Å². The third-order valence-electron chi connectivity index (χ3n) is 5.20. The molecular formula is C30H34Br2N4. The summed E-state index contributed by atoms with van der Waals surface area (Å²) in [5, 5.41) is 0. The molecule has 0 spiro atoms. The normalized spacial score (nSPS) is 10.1. The van der Waals surface area contributed by atoms with E-state index >= 15 is 0 Å². The van der Waals surface area contributed by atoms with Crippen molar-refractivity contribution >= 4 is 35.7 Å². The van der Waals surface area contributed by atoms with Gasteiger partial charge in [-0.05, 0) is 59.7 Å². The number of aromatic nitrogens is 2. The van der Waals surface area contributed by atoms with Crippen molar-refractivity contribution in [3.8, 4) is 0 Å². The molecule has 188 valence electrons. The molecule has 2 heterocycles. The second-order valence-electron chi connectivity index (χ2n) is 8.27. The van der Waals surface area contributed by atoms with Crippen molar-refractivity contribution in [2.75, 3.05) is 38.0 Å². The van der Waals surface area contributed by atoms with Gasteiger partial charge >= 0.3 is 0 Å². The lowest BCUT2D eigenvalue weighted by molar-refractivity contribution is -0.381. The molecule has 2 aromatic heterocycles. The molecule has 36 heavy (non-hydrogen) atoms. The fourth-order valence-electron chi connectivity index (χ4n) is 3.16. The van der Waals surface area contributed by atoms with E-state index in [1.807, 2.05) is 77.0 Å². The molecule has 2 aromatic carbocycles. The quantitative estimate of drug-likeness (QED) is 0.295. The Kier molecular flexibility index (Phi) is 14.1. The summed E-state index contributed by atoms with van der Waals surface area (Å²) in [7, 11) is 8.18. The molecule has 0 amide bonds. The van der Waals surface area contributed by atoms with Crippen molar-refractivity contribution in [2.45, 2.75) is 0 Å². The summed E-state index contributed by atoms with van der Waals surface area (Å²) in [5.74, 6) is 0. The molecule has 6 heteroatoms.